The average Bonchev–Trinajstić information content (AvgIpc) is 3.13. The predicted molar refractivity (Wildman–Crippen MR) is 123 cm³/mol. The standard InChI is InChI=1S/C25H32FN3O4/c26-22-4-1-2-5-23(22)33-19-25(31)10-3-13-28(14-11-25)18-20-6-8-21(9-7-20)32-17-16-29-15-12-27-24(29)30/h1-2,4-9,31H,3,10-19H2,(H,27,30)/t25-/m1/s1. The average molecular weight is 458 g/mol. The van der Waals surface area contributed by atoms with Gasteiger partial charge in [0, 0.05) is 26.2 Å². The number of carbonyl (C=O) groups is 1. The van der Waals surface area contributed by atoms with Crippen molar-refractivity contribution >= 4 is 6.03 Å². The molecular formula is C25H32FN3O4. The molecule has 7 nitrogen and oxygen atoms in total. The van der Waals surface area contributed by atoms with Gasteiger partial charge in [0.05, 0.1) is 12.1 Å². The van der Waals surface area contributed by atoms with Crippen LogP contribution in [0, 0.1) is 5.82 Å². The summed E-state index contributed by atoms with van der Waals surface area (Å²) < 4.78 is 25.2. The predicted octanol–water partition coefficient (Wildman–Crippen LogP) is 3.03. The zero-order chi connectivity index (χ0) is 23.1. The molecule has 2 aromatic rings. The van der Waals surface area contributed by atoms with Crippen molar-refractivity contribution < 1.29 is 23.8 Å². The first kappa shape index (κ1) is 23.3. The second-order valence-corrected chi connectivity index (χ2v) is 8.78. The van der Waals surface area contributed by atoms with Crippen LogP contribution in [-0.4, -0.2) is 72.5 Å². The van der Waals surface area contributed by atoms with Gasteiger partial charge in [-0.25, -0.2) is 9.18 Å². The molecule has 2 fully saturated rings. The lowest BCUT2D eigenvalue weighted by atomic mass is 9.96. The van der Waals surface area contributed by atoms with Crippen molar-refractivity contribution in [3.8, 4) is 11.5 Å². The summed E-state index contributed by atoms with van der Waals surface area (Å²) in [5.41, 5.74) is 0.218. The third-order valence-electron chi connectivity index (χ3n) is 6.25. The van der Waals surface area contributed by atoms with E-state index in [1.54, 1.807) is 23.1 Å². The maximum atomic E-state index is 13.8. The van der Waals surface area contributed by atoms with Gasteiger partial charge >= 0.3 is 6.03 Å². The van der Waals surface area contributed by atoms with Crippen LogP contribution in [0.4, 0.5) is 9.18 Å². The smallest absolute Gasteiger partial charge is 0.317 e. The summed E-state index contributed by atoms with van der Waals surface area (Å²) in [5.74, 6) is 0.553. The molecule has 0 unspecified atom stereocenters. The Balaban J connectivity index is 1.21. The number of aliphatic hydroxyl groups is 1. The number of benzene rings is 2. The molecule has 0 aromatic heterocycles. The number of hydrogen-bond donors (Lipinski definition) is 2. The first-order valence-electron chi connectivity index (χ1n) is 11.6. The summed E-state index contributed by atoms with van der Waals surface area (Å²) >= 11 is 0. The fraction of sp³-hybridized carbons (Fsp3) is 0.480. The highest BCUT2D eigenvalue weighted by Gasteiger charge is 2.31. The molecule has 2 saturated heterocycles. The van der Waals surface area contributed by atoms with E-state index in [1.165, 1.54) is 11.6 Å². The highest BCUT2D eigenvalue weighted by atomic mass is 19.1. The molecule has 4 rings (SSSR count). The fourth-order valence-corrected chi connectivity index (χ4v) is 4.26. The summed E-state index contributed by atoms with van der Waals surface area (Å²) in [4.78, 5) is 15.6. The Morgan fingerprint density at radius 3 is 2.61 bits per heavy atom. The van der Waals surface area contributed by atoms with Crippen LogP contribution in [-0.2, 0) is 6.54 Å². The van der Waals surface area contributed by atoms with Gasteiger partial charge in [0.2, 0.25) is 0 Å². The number of ether oxygens (including phenoxy) is 2. The molecule has 0 spiro atoms. The molecule has 2 heterocycles. The van der Waals surface area contributed by atoms with E-state index in [4.69, 9.17) is 9.47 Å². The Morgan fingerprint density at radius 1 is 1.03 bits per heavy atom. The maximum absolute atomic E-state index is 13.8. The van der Waals surface area contributed by atoms with Crippen molar-refractivity contribution in [3.63, 3.8) is 0 Å². The second-order valence-electron chi connectivity index (χ2n) is 8.78. The van der Waals surface area contributed by atoms with Crippen LogP contribution in [0.15, 0.2) is 48.5 Å². The minimum Gasteiger partial charge on any atom is -0.492 e. The number of rotatable bonds is 9. The lowest BCUT2D eigenvalue weighted by molar-refractivity contribution is -0.0177. The van der Waals surface area contributed by atoms with Crippen molar-refractivity contribution in [1.29, 1.82) is 0 Å². The highest BCUT2D eigenvalue weighted by Crippen LogP contribution is 2.26. The van der Waals surface area contributed by atoms with Crippen LogP contribution in [0.5, 0.6) is 11.5 Å². The Hall–Kier alpha value is -2.84. The number of nitrogens with one attached hydrogen (secondary N) is 1. The second kappa shape index (κ2) is 10.9. The zero-order valence-electron chi connectivity index (χ0n) is 18.8. The van der Waals surface area contributed by atoms with Crippen molar-refractivity contribution in [2.24, 2.45) is 0 Å². The van der Waals surface area contributed by atoms with Gasteiger partial charge in [-0.1, -0.05) is 24.3 Å². The molecule has 0 saturated carbocycles. The van der Waals surface area contributed by atoms with Crippen molar-refractivity contribution in [2.45, 2.75) is 31.4 Å². The molecule has 0 radical (unpaired) electrons. The molecule has 2 amide bonds. The Morgan fingerprint density at radius 2 is 1.85 bits per heavy atom. The quantitative estimate of drug-likeness (QED) is 0.606. The van der Waals surface area contributed by atoms with Gasteiger partial charge in [0.15, 0.2) is 11.6 Å². The van der Waals surface area contributed by atoms with Crippen LogP contribution in [0.3, 0.4) is 0 Å². The fourth-order valence-electron chi connectivity index (χ4n) is 4.26. The Bertz CT molecular complexity index is 926. The number of amides is 2. The van der Waals surface area contributed by atoms with Gasteiger partial charge in [0.25, 0.3) is 0 Å². The number of carbonyl (C=O) groups excluding carboxylic acids is 1. The SMILES string of the molecule is O=C1NCCN1CCOc1ccc(CN2CCC[C@](O)(COc3ccccc3F)CC2)cc1. The number of halogens is 1. The van der Waals surface area contributed by atoms with Gasteiger partial charge < -0.3 is 24.8 Å². The van der Waals surface area contributed by atoms with E-state index in [0.717, 1.165) is 38.3 Å². The molecule has 0 bridgehead atoms. The molecule has 0 aliphatic carbocycles. The largest absolute Gasteiger partial charge is 0.492 e. The van der Waals surface area contributed by atoms with E-state index >= 15 is 0 Å². The third kappa shape index (κ3) is 6.58. The molecule has 178 valence electrons. The van der Waals surface area contributed by atoms with E-state index in [0.29, 0.717) is 32.5 Å². The molecule has 8 heteroatoms. The van der Waals surface area contributed by atoms with Crippen LogP contribution in [0.1, 0.15) is 24.8 Å². The Kier molecular flexibility index (Phi) is 7.67. The number of urea groups is 1. The summed E-state index contributed by atoms with van der Waals surface area (Å²) in [6.45, 7) is 4.97. The molecule has 2 aromatic carbocycles. The van der Waals surface area contributed by atoms with E-state index < -0.39 is 11.4 Å². The first-order valence-corrected chi connectivity index (χ1v) is 11.6. The minimum absolute atomic E-state index is 0.0305. The van der Waals surface area contributed by atoms with Crippen molar-refractivity contribution in [1.82, 2.24) is 15.1 Å². The van der Waals surface area contributed by atoms with Crippen LogP contribution in [0.2, 0.25) is 0 Å². The monoisotopic (exact) mass is 457 g/mol. The molecule has 33 heavy (non-hydrogen) atoms. The number of likely N-dealkylation sites (tertiary alicyclic amines) is 1. The topological polar surface area (TPSA) is 74.3 Å². The lowest BCUT2D eigenvalue weighted by Gasteiger charge is -2.27. The van der Waals surface area contributed by atoms with Gasteiger partial charge in [-0.05, 0) is 55.6 Å². The molecular weight excluding hydrogens is 425 g/mol. The van der Waals surface area contributed by atoms with Gasteiger partial charge in [-0.2, -0.15) is 0 Å². The van der Waals surface area contributed by atoms with E-state index in [9.17, 15) is 14.3 Å². The number of hydrogen-bond acceptors (Lipinski definition) is 5. The number of para-hydroxylation sites is 1. The van der Waals surface area contributed by atoms with E-state index in [2.05, 4.69) is 22.3 Å². The van der Waals surface area contributed by atoms with Gasteiger partial charge in [-0.3, -0.25) is 4.90 Å². The summed E-state index contributed by atoms with van der Waals surface area (Å²) in [6.07, 6.45) is 2.05. The van der Waals surface area contributed by atoms with Gasteiger partial charge in [-0.15, -0.1) is 0 Å². The molecule has 2 aliphatic heterocycles. The minimum atomic E-state index is -0.957. The zero-order valence-corrected chi connectivity index (χ0v) is 18.8. The van der Waals surface area contributed by atoms with Gasteiger partial charge in [0.1, 0.15) is 19.0 Å². The normalized spacial score (nSPS) is 21.5. The van der Waals surface area contributed by atoms with E-state index in [-0.39, 0.29) is 18.4 Å². The molecule has 1 atom stereocenters. The summed E-state index contributed by atoms with van der Waals surface area (Å²) in [6, 6.07) is 14.3. The molecule has 2 aliphatic rings. The summed E-state index contributed by atoms with van der Waals surface area (Å²) in [5, 5.41) is 13.8. The highest BCUT2D eigenvalue weighted by molar-refractivity contribution is 5.76. The Labute approximate surface area is 194 Å². The van der Waals surface area contributed by atoms with Crippen LogP contribution < -0.4 is 14.8 Å². The lowest BCUT2D eigenvalue weighted by Crippen LogP contribution is -2.37. The molecule has 2 N–H and O–H groups in total. The van der Waals surface area contributed by atoms with Crippen LogP contribution in [0.25, 0.3) is 0 Å². The van der Waals surface area contributed by atoms with Crippen molar-refractivity contribution in [3.05, 3.63) is 59.9 Å². The number of nitrogens with zero attached hydrogens (tertiary/aromatic N) is 2. The summed E-state index contributed by atoms with van der Waals surface area (Å²) in [7, 11) is 0. The maximum Gasteiger partial charge on any atom is 0.317 e. The van der Waals surface area contributed by atoms with Crippen LogP contribution >= 0.6 is 0 Å². The first-order chi connectivity index (χ1) is 16.0. The van der Waals surface area contributed by atoms with Crippen molar-refractivity contribution in [2.75, 3.05) is 45.9 Å². The van der Waals surface area contributed by atoms with E-state index in [1.807, 2.05) is 12.1 Å². The third-order valence-corrected chi connectivity index (χ3v) is 6.25.